The van der Waals surface area contributed by atoms with E-state index in [1.54, 1.807) is 0 Å². The predicted molar refractivity (Wildman–Crippen MR) is 390 cm³/mol. The predicted octanol–water partition coefficient (Wildman–Crippen LogP) is -1.38. The molecule has 0 saturated carbocycles. The first-order valence-corrected chi connectivity index (χ1v) is 36.3. The number of aliphatic imine (C=N–C) groups is 1. The van der Waals surface area contributed by atoms with Crippen molar-refractivity contribution in [2.45, 2.75) is 217 Å². The molecule has 0 saturated heterocycles. The highest BCUT2D eigenvalue weighted by Gasteiger charge is 2.38. The number of hydrogen-bond acceptors (Lipinski definition) is 25. The summed E-state index contributed by atoms with van der Waals surface area (Å²) in [4.78, 5) is 288. The van der Waals surface area contributed by atoms with Gasteiger partial charge < -0.3 is 99.8 Å². The molecule has 42 heteroatoms. The first-order valence-electron chi connectivity index (χ1n) is 36.3. The fourth-order valence-electron chi connectivity index (χ4n) is 11.4. The number of hydrogen-bond donors (Lipinski definition) is 18. The third-order valence-corrected chi connectivity index (χ3v) is 17.8. The molecule has 0 aliphatic carbocycles. The number of ketones is 7. The Kier molecular flexibility index (Phi) is 46.7. The molecule has 11 atom stereocenters. The van der Waals surface area contributed by atoms with Crippen molar-refractivity contribution in [3.63, 3.8) is 0 Å². The van der Waals surface area contributed by atoms with Crippen molar-refractivity contribution in [3.8, 4) is 0 Å². The zero-order valence-corrected chi connectivity index (χ0v) is 63.0. The van der Waals surface area contributed by atoms with Crippen LogP contribution in [0.2, 0.25) is 0 Å². The minimum absolute atomic E-state index is 0.168. The highest BCUT2D eigenvalue weighted by Crippen LogP contribution is 2.25. The van der Waals surface area contributed by atoms with Gasteiger partial charge in [-0.05, 0) is 96.5 Å². The fraction of sp³-hybridized carbons (Fsp3) is 0.597. The van der Waals surface area contributed by atoms with Crippen molar-refractivity contribution < 1.29 is 156 Å². The summed E-state index contributed by atoms with van der Waals surface area (Å²) >= 11 is 0. The van der Waals surface area contributed by atoms with E-state index in [1.165, 1.54) is 38.1 Å². The van der Waals surface area contributed by atoms with Gasteiger partial charge in [0.25, 0.3) is 0 Å². The number of rotatable bonds is 65. The Balaban J connectivity index is 3.78. The van der Waals surface area contributed by atoms with Crippen LogP contribution >= 0.6 is 0 Å². The second kappa shape index (κ2) is 53.2. The molecule has 0 aromatic heterocycles. The first kappa shape index (κ1) is 100. The van der Waals surface area contributed by atoms with E-state index in [0.29, 0.717) is 12.0 Å². The highest BCUT2D eigenvalue weighted by atomic mass is 16.5. The lowest BCUT2D eigenvalue weighted by atomic mass is 9.88. The van der Waals surface area contributed by atoms with Crippen LogP contribution in [-0.4, -0.2) is 244 Å². The zero-order valence-electron chi connectivity index (χ0n) is 63.0. The van der Waals surface area contributed by atoms with E-state index in [4.69, 9.17) is 27.0 Å². The van der Waals surface area contributed by atoms with Gasteiger partial charge in [0.2, 0.25) is 35.4 Å². The molecule has 0 fully saturated rings. The van der Waals surface area contributed by atoms with Crippen LogP contribution in [0.4, 0.5) is 0 Å². The van der Waals surface area contributed by atoms with Gasteiger partial charge in [0, 0.05) is 138 Å². The van der Waals surface area contributed by atoms with Gasteiger partial charge in [-0.2, -0.15) is 0 Å². The van der Waals surface area contributed by atoms with E-state index < -0.39 is 338 Å². The van der Waals surface area contributed by atoms with Gasteiger partial charge in [0.05, 0.1) is 42.9 Å². The van der Waals surface area contributed by atoms with Gasteiger partial charge in [-0.25, -0.2) is 0 Å². The van der Waals surface area contributed by atoms with Crippen LogP contribution in [0.1, 0.15) is 190 Å². The monoisotopic (exact) mass is 1620 g/mol. The molecule has 42 nitrogen and oxygen atoms in total. The van der Waals surface area contributed by atoms with Crippen molar-refractivity contribution in [3.05, 3.63) is 35.4 Å². The van der Waals surface area contributed by atoms with Crippen LogP contribution in [0, 0.1) is 29.6 Å². The van der Waals surface area contributed by atoms with E-state index in [9.17, 15) is 146 Å². The lowest BCUT2D eigenvalue weighted by Gasteiger charge is -2.26. The van der Waals surface area contributed by atoms with Gasteiger partial charge in [-0.3, -0.25) is 110 Å². The molecule has 0 radical (unpaired) electrons. The van der Waals surface area contributed by atoms with Gasteiger partial charge in [-0.15, -0.1) is 0 Å². The second-order valence-electron chi connectivity index (χ2n) is 27.1. The highest BCUT2D eigenvalue weighted by molar-refractivity contribution is 6.00. The fourth-order valence-corrected chi connectivity index (χ4v) is 11.4. The number of ether oxygens (including phenoxy) is 1. The number of benzene rings is 1. The Hall–Kier alpha value is -11.8. The zero-order chi connectivity index (χ0) is 86.5. The maximum Gasteiger partial charge on any atom is 0.303 e. The number of guanidine groups is 1. The summed E-state index contributed by atoms with van der Waals surface area (Å²) in [6.07, 6.45) is -18.6. The summed E-state index contributed by atoms with van der Waals surface area (Å²) in [6.45, 7) is 1.57. The standard InChI is InChI=1S/C72H102N10O32/c1-37(83)40-7-5-39(6-8-40)30-45(67(109)76-28-29-114-36-57(90)78-47(38(2)84)4-3-27-77-72(74)75)35-56(89)51(17-26-66(107)108)82-71(113)44(12-21-61(97)98)34-55(88)50(16-25-65(105)106)81-70(112)43(11-20-60(95)96)33-54(87)49(15-24-64(103)104)80-69(111)42(10-19-59(93)94)32-53(86)48(14-23-63(101)102)79-68(110)41(9-18-58(91)92)31-52(85)46(73)13-22-62(99)100/h5-8,41-51H,3-4,9-36,73H2,1-2H3,(H,76,109)(H,78,90)(H,79,110)(H,80,111)(H,81,112)(H,82,113)(H,91,92)(H,93,94)(H,95,96)(H,97,98)(H,99,100)(H,101,102)(H,103,104)(H,105,106)(H,107,108)(H4,74,75,77)/t41-,42-,43-,44-,45?,46+,47+,48+,49+,50+,51+/m0/s1. The largest absolute Gasteiger partial charge is 0.481 e. The number of carboxylic acids is 9. The van der Waals surface area contributed by atoms with Gasteiger partial charge in [0.15, 0.2) is 40.7 Å². The van der Waals surface area contributed by atoms with Crippen LogP contribution in [0.5, 0.6) is 0 Å². The summed E-state index contributed by atoms with van der Waals surface area (Å²) in [5.74, 6) is -35.3. The summed E-state index contributed by atoms with van der Waals surface area (Å²) < 4.78 is 5.40. The Morgan fingerprint density at radius 1 is 0.377 bits per heavy atom. The van der Waals surface area contributed by atoms with Crippen LogP contribution in [0.25, 0.3) is 0 Å². The molecule has 0 aliphatic rings. The summed E-state index contributed by atoms with van der Waals surface area (Å²) in [5.41, 5.74) is 17.1. The van der Waals surface area contributed by atoms with Crippen molar-refractivity contribution in [1.82, 2.24) is 31.9 Å². The molecule has 1 aromatic rings. The SMILES string of the molecule is CC(=O)c1ccc(CC(CC(=O)[C@@H](CCC(=O)O)NC(=O)[C@@H](CCC(=O)O)CC(=O)[C@@H](CCC(=O)O)NC(=O)[C@@H](CCC(=O)O)CC(=O)[C@@H](CCC(=O)O)NC(=O)[C@@H](CCC(=O)O)CC(=O)[C@@H](CCC(=O)O)NC(=O)[C@@H](CCC(=O)O)CC(=O)[C@H](N)CCC(=O)O)C(=O)NCCOCC(=O)N[C@H](CCCN=C(N)N)C(C)=O)cc1. The molecule has 1 rings (SSSR count). The van der Waals surface area contributed by atoms with Gasteiger partial charge in [-0.1, -0.05) is 24.3 Å². The lowest BCUT2D eigenvalue weighted by Crippen LogP contribution is -2.49. The Bertz CT molecular complexity index is 3650. The number of aliphatic carboxylic acids is 9. The number of carbonyl (C=O) groups excluding carboxylic acids is 13. The first-order chi connectivity index (χ1) is 53.4. The summed E-state index contributed by atoms with van der Waals surface area (Å²) in [5, 5.41) is 100. The minimum Gasteiger partial charge on any atom is -0.481 e. The Labute approximate surface area is 652 Å². The van der Waals surface area contributed by atoms with Crippen LogP contribution in [0.3, 0.4) is 0 Å². The molecule has 21 N–H and O–H groups in total. The Morgan fingerprint density at radius 2 is 0.684 bits per heavy atom. The van der Waals surface area contributed by atoms with Gasteiger partial charge in [0.1, 0.15) is 12.4 Å². The summed E-state index contributed by atoms with van der Waals surface area (Å²) in [7, 11) is 0. The van der Waals surface area contributed by atoms with E-state index in [1.807, 2.05) is 0 Å². The van der Waals surface area contributed by atoms with E-state index in [0.717, 1.165) is 0 Å². The number of nitrogens with one attached hydrogen (secondary N) is 6. The van der Waals surface area contributed by atoms with Crippen molar-refractivity contribution in [2.75, 3.05) is 26.3 Å². The topological polar surface area (TPSA) is 729 Å². The number of amides is 6. The van der Waals surface area contributed by atoms with Crippen LogP contribution in [0.15, 0.2) is 29.3 Å². The second-order valence-corrected chi connectivity index (χ2v) is 27.1. The van der Waals surface area contributed by atoms with Crippen molar-refractivity contribution in [1.29, 1.82) is 0 Å². The normalized spacial score (nSPS) is 13.9. The molecule has 0 aliphatic heterocycles. The maximum absolute atomic E-state index is 14.5. The van der Waals surface area contributed by atoms with Crippen LogP contribution in [-0.2, 0) is 112 Å². The third kappa shape index (κ3) is 43.7. The summed E-state index contributed by atoms with van der Waals surface area (Å²) in [6, 6.07) is -4.24. The van der Waals surface area contributed by atoms with Crippen molar-refractivity contribution >= 4 is 136 Å². The number of nitrogens with two attached hydrogens (primary N) is 3. The van der Waals surface area contributed by atoms with E-state index in [2.05, 4.69) is 36.9 Å². The molecular formula is C72H102N10O32. The Morgan fingerprint density at radius 3 is 0.991 bits per heavy atom. The smallest absolute Gasteiger partial charge is 0.303 e. The molecule has 0 bridgehead atoms. The molecule has 0 heterocycles. The minimum atomic E-state index is -2.01. The molecule has 1 unspecified atom stereocenters. The molecule has 1 aromatic carbocycles. The number of carbonyl (C=O) groups is 22. The molecular weight excluding hydrogens is 1520 g/mol. The number of carboxylic acid groups (broad SMARTS) is 9. The lowest BCUT2D eigenvalue weighted by molar-refractivity contribution is -0.141. The number of nitrogens with zero attached hydrogens (tertiary/aromatic N) is 1. The van der Waals surface area contributed by atoms with E-state index >= 15 is 0 Å². The van der Waals surface area contributed by atoms with Crippen molar-refractivity contribution in [2.24, 2.45) is 51.8 Å². The molecule has 0 spiro atoms. The third-order valence-electron chi connectivity index (χ3n) is 17.8. The molecule has 6 amide bonds. The maximum atomic E-state index is 14.5. The van der Waals surface area contributed by atoms with Gasteiger partial charge >= 0.3 is 53.7 Å². The average Bonchev–Trinajstić information content (AvgIpc) is 0.863. The molecule has 632 valence electrons. The molecule has 114 heavy (non-hydrogen) atoms. The average molecular weight is 1620 g/mol. The van der Waals surface area contributed by atoms with E-state index in [-0.39, 0.29) is 55.6 Å². The number of Topliss-reactive ketones (excluding diaryl/α,β-unsaturated/α-hetero) is 7. The quantitative estimate of drug-likeness (QED) is 0.0155. The van der Waals surface area contributed by atoms with Crippen LogP contribution < -0.4 is 49.1 Å².